The number of methoxy groups -OCH3 is 1. The molecule has 19 heavy (non-hydrogen) atoms. The maximum Gasteiger partial charge on any atom is 0.141 e. The molecule has 0 spiro atoms. The Kier molecular flexibility index (Phi) is 2.91. The smallest absolute Gasteiger partial charge is 0.141 e. The molecule has 0 amide bonds. The second kappa shape index (κ2) is 4.59. The summed E-state index contributed by atoms with van der Waals surface area (Å²) in [6.07, 6.45) is 2.71. The number of ether oxygens (including phenoxy) is 2. The monoisotopic (exact) mass is 260 g/mol. The van der Waals surface area contributed by atoms with E-state index in [0.717, 1.165) is 29.0 Å². The second-order valence-electron chi connectivity index (χ2n) is 4.71. The summed E-state index contributed by atoms with van der Waals surface area (Å²) < 4.78 is 11.2. The van der Waals surface area contributed by atoms with Gasteiger partial charge in [0.05, 0.1) is 31.2 Å². The molecular formula is C14H16N2O3. The maximum atomic E-state index is 9.09. The first-order valence-corrected chi connectivity index (χ1v) is 6.24. The number of benzene rings is 1. The van der Waals surface area contributed by atoms with Crippen molar-refractivity contribution in [2.24, 2.45) is 0 Å². The third-order valence-electron chi connectivity index (χ3n) is 3.27. The van der Waals surface area contributed by atoms with Crippen molar-refractivity contribution >= 4 is 0 Å². The van der Waals surface area contributed by atoms with Crippen molar-refractivity contribution < 1.29 is 14.6 Å². The highest BCUT2D eigenvalue weighted by Crippen LogP contribution is 2.38. The Labute approximate surface area is 111 Å². The van der Waals surface area contributed by atoms with Gasteiger partial charge in [-0.2, -0.15) is 0 Å². The van der Waals surface area contributed by atoms with Crippen LogP contribution < -0.4 is 9.47 Å². The number of aromatic amines is 1. The average Bonchev–Trinajstić information content (AvgIpc) is 3.01. The largest absolute Gasteiger partial charge is 0.496 e. The van der Waals surface area contributed by atoms with Crippen molar-refractivity contribution in [1.82, 2.24) is 9.97 Å². The Morgan fingerprint density at radius 2 is 2.37 bits per heavy atom. The van der Waals surface area contributed by atoms with Gasteiger partial charge in [0.2, 0.25) is 0 Å². The standard InChI is InChI=1S/C14H16N2O3/c1-8-3-9-4-13(18-2)11(5-12(9)19-8)14-15-6-10(7-17)16-14/h4-6,8,17H,3,7H2,1-2H3,(H,15,16). The number of aliphatic hydroxyl groups excluding tert-OH is 1. The first kappa shape index (κ1) is 12.0. The quantitative estimate of drug-likeness (QED) is 0.884. The van der Waals surface area contributed by atoms with Crippen LogP contribution in [0.25, 0.3) is 11.4 Å². The SMILES string of the molecule is COc1cc2c(cc1-c1ncc(CO)[nH]1)OC(C)C2. The number of rotatable bonds is 3. The van der Waals surface area contributed by atoms with Crippen LogP contribution in [0.2, 0.25) is 0 Å². The van der Waals surface area contributed by atoms with E-state index in [1.165, 1.54) is 0 Å². The van der Waals surface area contributed by atoms with Crippen molar-refractivity contribution in [3.8, 4) is 22.9 Å². The third kappa shape index (κ3) is 2.06. The van der Waals surface area contributed by atoms with E-state index in [0.29, 0.717) is 11.5 Å². The van der Waals surface area contributed by atoms with E-state index >= 15 is 0 Å². The molecule has 3 rings (SSSR count). The van der Waals surface area contributed by atoms with Gasteiger partial charge in [0.15, 0.2) is 0 Å². The highest BCUT2D eigenvalue weighted by Gasteiger charge is 2.23. The van der Waals surface area contributed by atoms with E-state index in [4.69, 9.17) is 14.6 Å². The molecule has 0 saturated heterocycles. The molecule has 2 N–H and O–H groups in total. The normalized spacial score (nSPS) is 17.1. The van der Waals surface area contributed by atoms with E-state index < -0.39 is 0 Å². The fraction of sp³-hybridized carbons (Fsp3) is 0.357. The Morgan fingerprint density at radius 3 is 3.05 bits per heavy atom. The molecule has 1 aliphatic rings. The summed E-state index contributed by atoms with van der Waals surface area (Å²) in [7, 11) is 1.64. The van der Waals surface area contributed by atoms with Crippen molar-refractivity contribution in [1.29, 1.82) is 0 Å². The summed E-state index contributed by atoms with van der Waals surface area (Å²) in [5.74, 6) is 2.31. The Hall–Kier alpha value is -2.01. The zero-order valence-electron chi connectivity index (χ0n) is 10.9. The van der Waals surface area contributed by atoms with Crippen LogP contribution in [0.3, 0.4) is 0 Å². The van der Waals surface area contributed by atoms with Crippen LogP contribution in [0.5, 0.6) is 11.5 Å². The minimum atomic E-state index is -0.0617. The Balaban J connectivity index is 2.07. The summed E-state index contributed by atoms with van der Waals surface area (Å²) in [6.45, 7) is 1.98. The van der Waals surface area contributed by atoms with Gasteiger partial charge in [-0.15, -0.1) is 0 Å². The third-order valence-corrected chi connectivity index (χ3v) is 3.27. The lowest BCUT2D eigenvalue weighted by Crippen LogP contribution is -2.05. The van der Waals surface area contributed by atoms with Gasteiger partial charge in [-0.05, 0) is 19.1 Å². The highest BCUT2D eigenvalue weighted by molar-refractivity contribution is 5.68. The first-order chi connectivity index (χ1) is 9.21. The minimum Gasteiger partial charge on any atom is -0.496 e. The maximum absolute atomic E-state index is 9.09. The number of fused-ring (bicyclic) bond motifs is 1. The van der Waals surface area contributed by atoms with Crippen LogP contribution in [-0.2, 0) is 13.0 Å². The predicted octanol–water partition coefficient (Wildman–Crippen LogP) is 1.90. The molecule has 1 unspecified atom stereocenters. The number of hydrogen-bond donors (Lipinski definition) is 2. The first-order valence-electron chi connectivity index (χ1n) is 6.24. The summed E-state index contributed by atoms with van der Waals surface area (Å²) >= 11 is 0. The van der Waals surface area contributed by atoms with Crippen LogP contribution in [-0.4, -0.2) is 28.3 Å². The van der Waals surface area contributed by atoms with Crippen molar-refractivity contribution in [3.05, 3.63) is 29.6 Å². The topological polar surface area (TPSA) is 67.4 Å². The van der Waals surface area contributed by atoms with Gasteiger partial charge in [-0.25, -0.2) is 4.98 Å². The summed E-state index contributed by atoms with van der Waals surface area (Å²) in [5.41, 5.74) is 2.67. The lowest BCUT2D eigenvalue weighted by atomic mass is 10.1. The molecule has 5 nitrogen and oxygen atoms in total. The minimum absolute atomic E-state index is 0.0617. The zero-order chi connectivity index (χ0) is 13.4. The number of aromatic nitrogens is 2. The predicted molar refractivity (Wildman–Crippen MR) is 70.3 cm³/mol. The molecule has 1 aromatic carbocycles. The van der Waals surface area contributed by atoms with Crippen molar-refractivity contribution in [3.63, 3.8) is 0 Å². The molecular weight excluding hydrogens is 244 g/mol. The number of aliphatic hydroxyl groups is 1. The van der Waals surface area contributed by atoms with Gasteiger partial charge in [0, 0.05) is 12.0 Å². The molecule has 0 aliphatic carbocycles. The molecule has 5 heteroatoms. The van der Waals surface area contributed by atoms with Gasteiger partial charge in [-0.1, -0.05) is 0 Å². The van der Waals surface area contributed by atoms with Crippen LogP contribution >= 0.6 is 0 Å². The molecule has 2 aromatic rings. The van der Waals surface area contributed by atoms with Gasteiger partial charge in [0.25, 0.3) is 0 Å². The van der Waals surface area contributed by atoms with Crippen LogP contribution in [0.1, 0.15) is 18.2 Å². The molecule has 1 atom stereocenters. The zero-order valence-corrected chi connectivity index (χ0v) is 10.9. The number of nitrogens with one attached hydrogen (secondary N) is 1. The van der Waals surface area contributed by atoms with Gasteiger partial charge >= 0.3 is 0 Å². The lowest BCUT2D eigenvalue weighted by molar-refractivity contribution is 0.254. The van der Waals surface area contributed by atoms with E-state index in [-0.39, 0.29) is 12.7 Å². The fourth-order valence-electron chi connectivity index (χ4n) is 2.37. The molecule has 2 heterocycles. The van der Waals surface area contributed by atoms with E-state index in [1.807, 2.05) is 19.1 Å². The molecule has 0 radical (unpaired) electrons. The Morgan fingerprint density at radius 1 is 1.53 bits per heavy atom. The van der Waals surface area contributed by atoms with Gasteiger partial charge in [0.1, 0.15) is 23.4 Å². The molecule has 1 aliphatic heterocycles. The second-order valence-corrected chi connectivity index (χ2v) is 4.71. The van der Waals surface area contributed by atoms with E-state index in [9.17, 15) is 0 Å². The number of imidazole rings is 1. The summed E-state index contributed by atoms with van der Waals surface area (Å²) in [6, 6.07) is 3.94. The number of H-pyrrole nitrogens is 1. The molecule has 0 bridgehead atoms. The fourth-order valence-corrected chi connectivity index (χ4v) is 2.37. The van der Waals surface area contributed by atoms with Crippen molar-refractivity contribution in [2.45, 2.75) is 26.1 Å². The van der Waals surface area contributed by atoms with Gasteiger partial charge in [-0.3, -0.25) is 0 Å². The highest BCUT2D eigenvalue weighted by atomic mass is 16.5. The van der Waals surface area contributed by atoms with E-state index in [1.54, 1.807) is 13.3 Å². The number of hydrogen-bond acceptors (Lipinski definition) is 4. The van der Waals surface area contributed by atoms with Gasteiger partial charge < -0.3 is 19.6 Å². The van der Waals surface area contributed by atoms with Crippen molar-refractivity contribution in [2.75, 3.05) is 7.11 Å². The molecule has 0 saturated carbocycles. The summed E-state index contributed by atoms with van der Waals surface area (Å²) in [4.78, 5) is 7.32. The van der Waals surface area contributed by atoms with E-state index in [2.05, 4.69) is 9.97 Å². The van der Waals surface area contributed by atoms with Crippen LogP contribution in [0.15, 0.2) is 18.3 Å². The lowest BCUT2D eigenvalue weighted by Gasteiger charge is -2.09. The van der Waals surface area contributed by atoms with Crippen LogP contribution in [0, 0.1) is 0 Å². The molecule has 0 fully saturated rings. The Bertz CT molecular complexity index is 607. The molecule has 100 valence electrons. The average molecular weight is 260 g/mol. The molecule has 1 aromatic heterocycles. The summed E-state index contributed by atoms with van der Waals surface area (Å²) in [5, 5.41) is 9.09. The number of nitrogens with zero attached hydrogens (tertiary/aromatic N) is 1. The van der Waals surface area contributed by atoms with Crippen LogP contribution in [0.4, 0.5) is 0 Å².